The lowest BCUT2D eigenvalue weighted by Crippen LogP contribution is -2.36. The third-order valence-corrected chi connectivity index (χ3v) is 2.44. The van der Waals surface area contributed by atoms with Crippen LogP contribution in [0.1, 0.15) is 27.8 Å². The Kier molecular flexibility index (Phi) is 5.12. The fourth-order valence-corrected chi connectivity index (χ4v) is 1.41. The van der Waals surface area contributed by atoms with Gasteiger partial charge in [0.2, 0.25) is 0 Å². The smallest absolute Gasteiger partial charge is 0.405 e. The molecule has 0 saturated carbocycles. The molecule has 1 heterocycles. The van der Waals surface area contributed by atoms with Crippen molar-refractivity contribution in [2.45, 2.75) is 13.1 Å². The second-order valence-electron chi connectivity index (χ2n) is 4.25. The summed E-state index contributed by atoms with van der Waals surface area (Å²) in [6, 6.07) is 1.28. The zero-order valence-electron chi connectivity index (χ0n) is 11.3. The number of rotatable bonds is 5. The lowest BCUT2D eigenvalue weighted by molar-refractivity contribution is -0.140. The van der Waals surface area contributed by atoms with Crippen LogP contribution in [0.15, 0.2) is 12.3 Å². The van der Waals surface area contributed by atoms with Gasteiger partial charge < -0.3 is 14.6 Å². The Morgan fingerprint density at radius 3 is 2.43 bits per heavy atom. The van der Waals surface area contributed by atoms with E-state index in [9.17, 15) is 27.6 Å². The Morgan fingerprint density at radius 2 is 1.95 bits per heavy atom. The second-order valence-corrected chi connectivity index (χ2v) is 4.25. The van der Waals surface area contributed by atoms with E-state index in [1.165, 1.54) is 30.8 Å². The van der Waals surface area contributed by atoms with E-state index in [0.717, 1.165) is 0 Å². The molecule has 21 heavy (non-hydrogen) atoms. The first-order valence-corrected chi connectivity index (χ1v) is 5.78. The Balaban J connectivity index is 2.54. The number of aromatic nitrogens is 1. The van der Waals surface area contributed by atoms with Crippen LogP contribution >= 0.6 is 0 Å². The van der Waals surface area contributed by atoms with Gasteiger partial charge in [-0.05, 0) is 13.0 Å². The molecular formula is C12H13F3N2O4. The molecule has 1 amide bonds. The average Bonchev–Trinajstić information content (AvgIpc) is 2.75. The molecule has 0 spiro atoms. The maximum Gasteiger partial charge on any atom is 0.405 e. The summed E-state index contributed by atoms with van der Waals surface area (Å²) in [5, 5.41) is 1.57. The Hall–Kier alpha value is -2.32. The van der Waals surface area contributed by atoms with Gasteiger partial charge in [-0.3, -0.25) is 9.59 Å². The Morgan fingerprint density at radius 1 is 1.33 bits per heavy atom. The van der Waals surface area contributed by atoms with Crippen molar-refractivity contribution < 1.29 is 32.3 Å². The first-order valence-electron chi connectivity index (χ1n) is 5.78. The molecule has 1 aromatic rings. The van der Waals surface area contributed by atoms with Gasteiger partial charge in [0.1, 0.15) is 12.2 Å². The van der Waals surface area contributed by atoms with E-state index in [-0.39, 0.29) is 17.0 Å². The summed E-state index contributed by atoms with van der Waals surface area (Å²) in [5.74, 6) is -2.23. The number of alkyl halides is 3. The van der Waals surface area contributed by atoms with E-state index in [2.05, 4.69) is 4.74 Å². The molecule has 1 N–H and O–H groups in total. The molecule has 0 bridgehead atoms. The van der Waals surface area contributed by atoms with E-state index >= 15 is 0 Å². The Bertz CT molecular complexity index is 563. The van der Waals surface area contributed by atoms with Gasteiger partial charge in [0.15, 0.2) is 12.4 Å². The van der Waals surface area contributed by atoms with Crippen molar-refractivity contribution in [3.8, 4) is 0 Å². The number of ether oxygens (including phenoxy) is 1. The summed E-state index contributed by atoms with van der Waals surface area (Å²) in [6.07, 6.45) is -3.13. The number of amides is 1. The molecule has 0 aliphatic carbocycles. The zero-order chi connectivity index (χ0) is 16.2. The highest BCUT2D eigenvalue weighted by Crippen LogP contribution is 2.12. The van der Waals surface area contributed by atoms with Crippen LogP contribution in [0.2, 0.25) is 0 Å². The van der Waals surface area contributed by atoms with Gasteiger partial charge in [0.05, 0.1) is 0 Å². The van der Waals surface area contributed by atoms with E-state index < -0.39 is 31.2 Å². The number of nitrogens with zero attached hydrogens (tertiary/aromatic N) is 1. The number of aryl methyl sites for hydroxylation is 1. The van der Waals surface area contributed by atoms with Gasteiger partial charge in [-0.2, -0.15) is 13.2 Å². The van der Waals surface area contributed by atoms with Crippen molar-refractivity contribution in [3.05, 3.63) is 23.5 Å². The zero-order valence-corrected chi connectivity index (χ0v) is 11.3. The van der Waals surface area contributed by atoms with E-state index in [1.54, 1.807) is 5.32 Å². The summed E-state index contributed by atoms with van der Waals surface area (Å²) in [6.45, 7) is -1.02. The van der Waals surface area contributed by atoms with Crippen LogP contribution in [0.4, 0.5) is 13.2 Å². The topological polar surface area (TPSA) is 77.4 Å². The van der Waals surface area contributed by atoms with E-state index in [4.69, 9.17) is 0 Å². The summed E-state index contributed by atoms with van der Waals surface area (Å²) < 4.78 is 41.5. The van der Waals surface area contributed by atoms with Crippen LogP contribution < -0.4 is 5.32 Å². The number of Topliss-reactive ketones (excluding diaryl/α,β-unsaturated/α-hetero) is 1. The molecule has 1 rings (SSSR count). The summed E-state index contributed by atoms with van der Waals surface area (Å²) in [5.41, 5.74) is 0.301. The van der Waals surface area contributed by atoms with Gasteiger partial charge in [0.25, 0.3) is 5.91 Å². The fourth-order valence-electron chi connectivity index (χ4n) is 1.41. The van der Waals surface area contributed by atoms with Crippen LogP contribution in [0.5, 0.6) is 0 Å². The first-order chi connectivity index (χ1) is 9.60. The van der Waals surface area contributed by atoms with Crippen molar-refractivity contribution in [3.63, 3.8) is 0 Å². The molecule has 0 saturated heterocycles. The van der Waals surface area contributed by atoms with Crippen LogP contribution in [-0.4, -0.2) is 41.6 Å². The number of carbonyl (C=O) groups is 3. The van der Waals surface area contributed by atoms with Crippen LogP contribution in [-0.2, 0) is 16.6 Å². The molecule has 9 heteroatoms. The van der Waals surface area contributed by atoms with Crippen molar-refractivity contribution in [2.24, 2.45) is 7.05 Å². The molecule has 116 valence electrons. The second kappa shape index (κ2) is 6.42. The van der Waals surface area contributed by atoms with Crippen LogP contribution in [0, 0.1) is 0 Å². The first kappa shape index (κ1) is 16.7. The monoisotopic (exact) mass is 306 g/mol. The number of nitrogens with one attached hydrogen (secondary N) is 1. The molecule has 0 unspecified atom stereocenters. The molecule has 1 aromatic heterocycles. The quantitative estimate of drug-likeness (QED) is 0.652. The van der Waals surface area contributed by atoms with Gasteiger partial charge >= 0.3 is 12.1 Å². The van der Waals surface area contributed by atoms with Gasteiger partial charge in [-0.15, -0.1) is 0 Å². The standard InChI is InChI=1S/C12H13F3N2O4/c1-7(18)8-3-9(17(2)4-8)11(20)21-5-10(19)16-6-12(13,14)15/h3-4H,5-6H2,1-2H3,(H,16,19). The minimum atomic E-state index is -4.53. The third-order valence-electron chi connectivity index (χ3n) is 2.44. The highest BCUT2D eigenvalue weighted by Gasteiger charge is 2.28. The van der Waals surface area contributed by atoms with Crippen molar-refractivity contribution in [1.82, 2.24) is 9.88 Å². The molecule has 0 fully saturated rings. The summed E-state index contributed by atoms with van der Waals surface area (Å²) in [7, 11) is 1.49. The largest absolute Gasteiger partial charge is 0.451 e. The predicted molar refractivity (Wildman–Crippen MR) is 64.8 cm³/mol. The minimum Gasteiger partial charge on any atom is -0.451 e. The number of ketones is 1. The third kappa shape index (κ3) is 5.28. The molecule has 0 aliphatic rings. The summed E-state index contributed by atoms with van der Waals surface area (Å²) >= 11 is 0. The highest BCUT2D eigenvalue weighted by atomic mass is 19.4. The van der Waals surface area contributed by atoms with Gasteiger partial charge in [-0.1, -0.05) is 0 Å². The lowest BCUT2D eigenvalue weighted by atomic mass is 10.2. The fraction of sp³-hybridized carbons (Fsp3) is 0.417. The van der Waals surface area contributed by atoms with Gasteiger partial charge in [0, 0.05) is 18.8 Å². The normalized spacial score (nSPS) is 11.1. The summed E-state index contributed by atoms with van der Waals surface area (Å²) in [4.78, 5) is 33.9. The molecule has 0 aromatic carbocycles. The van der Waals surface area contributed by atoms with Crippen LogP contribution in [0.25, 0.3) is 0 Å². The highest BCUT2D eigenvalue weighted by molar-refractivity contribution is 5.98. The minimum absolute atomic E-state index is 0.0174. The number of hydrogen-bond donors (Lipinski definition) is 1. The molecule has 0 radical (unpaired) electrons. The molecular weight excluding hydrogens is 293 g/mol. The maximum absolute atomic E-state index is 11.9. The van der Waals surface area contributed by atoms with E-state index in [1.807, 2.05) is 0 Å². The van der Waals surface area contributed by atoms with Crippen molar-refractivity contribution in [2.75, 3.05) is 13.2 Å². The number of hydrogen-bond acceptors (Lipinski definition) is 4. The number of halogens is 3. The average molecular weight is 306 g/mol. The van der Waals surface area contributed by atoms with Crippen molar-refractivity contribution >= 4 is 17.7 Å². The number of carbonyl (C=O) groups excluding carboxylic acids is 3. The Labute approximate surface area is 117 Å². The molecule has 6 nitrogen and oxygen atoms in total. The number of esters is 1. The lowest BCUT2D eigenvalue weighted by Gasteiger charge is -2.08. The van der Waals surface area contributed by atoms with Crippen LogP contribution in [0.3, 0.4) is 0 Å². The van der Waals surface area contributed by atoms with E-state index in [0.29, 0.717) is 0 Å². The van der Waals surface area contributed by atoms with Gasteiger partial charge in [-0.25, -0.2) is 4.79 Å². The molecule has 0 aliphatic heterocycles. The SMILES string of the molecule is CC(=O)c1cc(C(=O)OCC(=O)NCC(F)(F)F)n(C)c1. The maximum atomic E-state index is 11.9. The molecule has 0 atom stereocenters. The predicted octanol–water partition coefficient (Wildman–Crippen LogP) is 1.06. The van der Waals surface area contributed by atoms with Crippen molar-refractivity contribution in [1.29, 1.82) is 0 Å².